The standard InChI is InChI=1S/C31H35ClFN3O4S/c1-3-28(31(38)34-25-8-4-5-9-25)35(20-23-14-16-24(33)17-15-23)30(37)21-36(29-11-7-6-10-27(29)32)41(39,40)26-18-12-22(2)13-19-26/h6-7,10-19,25,28H,3-5,8-9,20-21H2,1-2H3,(H,34,38). The summed E-state index contributed by atoms with van der Waals surface area (Å²) in [5, 5.41) is 3.23. The maximum absolute atomic E-state index is 14.1. The number of anilines is 1. The first kappa shape index (κ1) is 30.5. The van der Waals surface area contributed by atoms with Gasteiger partial charge in [-0.1, -0.05) is 73.3 Å². The fraction of sp³-hybridized carbons (Fsp3) is 0.355. The van der Waals surface area contributed by atoms with Crippen LogP contribution in [0.1, 0.15) is 50.2 Å². The lowest BCUT2D eigenvalue weighted by atomic mass is 10.1. The third-order valence-corrected chi connectivity index (χ3v) is 9.46. The molecule has 0 heterocycles. The smallest absolute Gasteiger partial charge is 0.264 e. The molecule has 0 radical (unpaired) electrons. The Balaban J connectivity index is 1.72. The van der Waals surface area contributed by atoms with Gasteiger partial charge < -0.3 is 10.2 Å². The van der Waals surface area contributed by atoms with E-state index in [1.54, 1.807) is 49.4 Å². The summed E-state index contributed by atoms with van der Waals surface area (Å²) in [5.74, 6) is -1.30. The Bertz CT molecular complexity index is 1460. The van der Waals surface area contributed by atoms with Gasteiger partial charge in [-0.05, 0) is 68.1 Å². The van der Waals surface area contributed by atoms with Gasteiger partial charge in [-0.25, -0.2) is 12.8 Å². The first-order valence-electron chi connectivity index (χ1n) is 13.8. The summed E-state index contributed by atoms with van der Waals surface area (Å²) in [5.41, 5.74) is 1.64. The number of amides is 2. The van der Waals surface area contributed by atoms with E-state index in [-0.39, 0.29) is 34.1 Å². The molecule has 2 amide bonds. The van der Waals surface area contributed by atoms with E-state index in [2.05, 4.69) is 5.32 Å². The minimum Gasteiger partial charge on any atom is -0.352 e. The van der Waals surface area contributed by atoms with E-state index in [9.17, 15) is 22.4 Å². The molecule has 1 aliphatic rings. The van der Waals surface area contributed by atoms with Crippen molar-refractivity contribution in [1.29, 1.82) is 0 Å². The highest BCUT2D eigenvalue weighted by molar-refractivity contribution is 7.92. The fourth-order valence-electron chi connectivity index (χ4n) is 5.08. The molecule has 7 nitrogen and oxygen atoms in total. The summed E-state index contributed by atoms with van der Waals surface area (Å²) in [6.45, 7) is 3.06. The zero-order valence-electron chi connectivity index (χ0n) is 23.2. The summed E-state index contributed by atoms with van der Waals surface area (Å²) >= 11 is 6.45. The Morgan fingerprint density at radius 1 is 1.00 bits per heavy atom. The van der Waals surface area contributed by atoms with Crippen LogP contribution in [0.2, 0.25) is 5.02 Å². The van der Waals surface area contributed by atoms with E-state index in [1.807, 2.05) is 6.92 Å². The molecule has 0 bridgehead atoms. The molecule has 1 unspecified atom stereocenters. The number of nitrogens with one attached hydrogen (secondary N) is 1. The predicted molar refractivity (Wildman–Crippen MR) is 159 cm³/mol. The van der Waals surface area contributed by atoms with Crippen LogP contribution in [0.3, 0.4) is 0 Å². The van der Waals surface area contributed by atoms with Gasteiger partial charge in [0.15, 0.2) is 0 Å². The van der Waals surface area contributed by atoms with Crippen LogP contribution in [-0.4, -0.2) is 43.8 Å². The number of hydrogen-bond donors (Lipinski definition) is 1. The molecule has 0 saturated heterocycles. The number of benzene rings is 3. The molecule has 10 heteroatoms. The van der Waals surface area contributed by atoms with Crippen LogP contribution in [0.5, 0.6) is 0 Å². The van der Waals surface area contributed by atoms with Crippen LogP contribution in [0, 0.1) is 12.7 Å². The van der Waals surface area contributed by atoms with E-state index in [0.717, 1.165) is 35.6 Å². The van der Waals surface area contributed by atoms with E-state index in [4.69, 9.17) is 11.6 Å². The van der Waals surface area contributed by atoms with Crippen molar-refractivity contribution < 1.29 is 22.4 Å². The van der Waals surface area contributed by atoms with Gasteiger partial charge in [0.1, 0.15) is 18.4 Å². The molecule has 3 aromatic carbocycles. The molecule has 0 spiro atoms. The van der Waals surface area contributed by atoms with Gasteiger partial charge in [0.25, 0.3) is 10.0 Å². The molecule has 1 aliphatic carbocycles. The number of para-hydroxylation sites is 1. The maximum atomic E-state index is 14.1. The average molecular weight is 600 g/mol. The lowest BCUT2D eigenvalue weighted by Gasteiger charge is -2.34. The minimum absolute atomic E-state index is 0.00333. The Morgan fingerprint density at radius 3 is 2.24 bits per heavy atom. The Kier molecular flexibility index (Phi) is 10.0. The number of rotatable bonds is 11. The largest absolute Gasteiger partial charge is 0.352 e. The zero-order valence-corrected chi connectivity index (χ0v) is 24.8. The Morgan fingerprint density at radius 2 is 1.63 bits per heavy atom. The number of aryl methyl sites for hydroxylation is 1. The summed E-state index contributed by atoms with van der Waals surface area (Å²) in [6, 6.07) is 17.6. The van der Waals surface area contributed by atoms with Crippen molar-refractivity contribution >= 4 is 39.1 Å². The number of sulfonamides is 1. The third-order valence-electron chi connectivity index (χ3n) is 7.36. The number of carbonyl (C=O) groups is 2. The Labute approximate surface area is 246 Å². The van der Waals surface area contributed by atoms with Crippen molar-refractivity contribution in [2.24, 2.45) is 0 Å². The van der Waals surface area contributed by atoms with E-state index in [0.29, 0.717) is 12.0 Å². The quantitative estimate of drug-likeness (QED) is 0.300. The second-order valence-corrected chi connectivity index (χ2v) is 12.6. The van der Waals surface area contributed by atoms with Gasteiger partial charge in [-0.2, -0.15) is 0 Å². The summed E-state index contributed by atoms with van der Waals surface area (Å²) in [7, 11) is -4.22. The van der Waals surface area contributed by atoms with Gasteiger partial charge >= 0.3 is 0 Å². The van der Waals surface area contributed by atoms with Gasteiger partial charge in [0.2, 0.25) is 11.8 Å². The Hall–Kier alpha value is -3.43. The van der Waals surface area contributed by atoms with E-state index in [1.165, 1.54) is 35.2 Å². The number of halogens is 2. The number of carbonyl (C=O) groups excluding carboxylic acids is 2. The van der Waals surface area contributed by atoms with E-state index >= 15 is 0 Å². The van der Waals surface area contributed by atoms with Crippen LogP contribution in [0.4, 0.5) is 10.1 Å². The topological polar surface area (TPSA) is 86.8 Å². The molecule has 0 aromatic heterocycles. The zero-order chi connectivity index (χ0) is 29.6. The second-order valence-electron chi connectivity index (χ2n) is 10.3. The monoisotopic (exact) mass is 599 g/mol. The lowest BCUT2D eigenvalue weighted by Crippen LogP contribution is -2.53. The highest BCUT2D eigenvalue weighted by Gasteiger charge is 2.35. The predicted octanol–water partition coefficient (Wildman–Crippen LogP) is 5.85. The average Bonchev–Trinajstić information content (AvgIpc) is 3.46. The van der Waals surface area contributed by atoms with Crippen LogP contribution >= 0.6 is 11.6 Å². The summed E-state index contributed by atoms with van der Waals surface area (Å²) in [6.07, 6.45) is 4.13. The van der Waals surface area contributed by atoms with Crippen molar-refractivity contribution in [3.05, 3.63) is 94.8 Å². The maximum Gasteiger partial charge on any atom is 0.264 e. The van der Waals surface area contributed by atoms with Gasteiger partial charge in [-0.15, -0.1) is 0 Å². The van der Waals surface area contributed by atoms with Crippen LogP contribution < -0.4 is 9.62 Å². The first-order chi connectivity index (χ1) is 19.6. The van der Waals surface area contributed by atoms with Crippen LogP contribution in [-0.2, 0) is 26.2 Å². The molecule has 1 fully saturated rings. The second kappa shape index (κ2) is 13.5. The summed E-state index contributed by atoms with van der Waals surface area (Å²) in [4.78, 5) is 29.0. The molecule has 1 atom stereocenters. The fourth-order valence-corrected chi connectivity index (χ4v) is 6.80. The third kappa shape index (κ3) is 7.45. The van der Waals surface area contributed by atoms with Crippen molar-refractivity contribution in [3.63, 3.8) is 0 Å². The summed E-state index contributed by atoms with van der Waals surface area (Å²) < 4.78 is 42.5. The molecule has 218 valence electrons. The number of nitrogens with zero attached hydrogens (tertiary/aromatic N) is 2. The van der Waals surface area contributed by atoms with Crippen molar-refractivity contribution in [1.82, 2.24) is 10.2 Å². The first-order valence-corrected chi connectivity index (χ1v) is 15.6. The molecule has 1 N–H and O–H groups in total. The molecule has 4 rings (SSSR count). The van der Waals surface area contributed by atoms with E-state index < -0.39 is 34.3 Å². The highest BCUT2D eigenvalue weighted by Crippen LogP contribution is 2.31. The van der Waals surface area contributed by atoms with Crippen molar-refractivity contribution in [2.75, 3.05) is 10.8 Å². The molecular weight excluding hydrogens is 565 g/mol. The lowest BCUT2D eigenvalue weighted by molar-refractivity contribution is -0.140. The molecule has 3 aromatic rings. The van der Waals surface area contributed by atoms with Gasteiger partial charge in [-0.3, -0.25) is 13.9 Å². The number of hydrogen-bond acceptors (Lipinski definition) is 4. The molecule has 0 aliphatic heterocycles. The minimum atomic E-state index is -4.22. The highest BCUT2D eigenvalue weighted by atomic mass is 35.5. The van der Waals surface area contributed by atoms with Crippen molar-refractivity contribution in [2.45, 2.75) is 69.5 Å². The van der Waals surface area contributed by atoms with Crippen LogP contribution in [0.25, 0.3) is 0 Å². The normalized spacial score (nSPS) is 14.4. The van der Waals surface area contributed by atoms with Crippen molar-refractivity contribution in [3.8, 4) is 0 Å². The van der Waals surface area contributed by atoms with Crippen LogP contribution in [0.15, 0.2) is 77.7 Å². The molecule has 41 heavy (non-hydrogen) atoms. The van der Waals surface area contributed by atoms with Gasteiger partial charge in [0, 0.05) is 12.6 Å². The molecular formula is C31H35ClFN3O4S. The SMILES string of the molecule is CCC(C(=O)NC1CCCC1)N(Cc1ccc(F)cc1)C(=O)CN(c1ccccc1Cl)S(=O)(=O)c1ccc(C)cc1. The van der Waals surface area contributed by atoms with Gasteiger partial charge in [0.05, 0.1) is 15.6 Å². The molecule has 1 saturated carbocycles.